The monoisotopic (exact) mass is 1590 g/mol. The average Bonchev–Trinajstić information content (AvgIpc) is 0.760. The van der Waals surface area contributed by atoms with Gasteiger partial charge in [0.2, 0.25) is 47.1 Å². The molecular formula is C83H84Cl2N10O19. The maximum Gasteiger partial charge on any atom is 0.410 e. The molecule has 0 aliphatic carbocycles. The third-order valence-electron chi connectivity index (χ3n) is 18.6. The van der Waals surface area contributed by atoms with E-state index in [9.17, 15) is 29.5 Å². The molecule has 5 heterocycles. The molecular weight excluding hydrogens is 1510 g/mol. The molecule has 114 heavy (non-hydrogen) atoms. The molecule has 0 saturated carbocycles. The first-order chi connectivity index (χ1) is 54.4. The van der Waals surface area contributed by atoms with Crippen molar-refractivity contribution in [3.05, 3.63) is 242 Å². The maximum absolute atomic E-state index is 16.5. The van der Waals surface area contributed by atoms with E-state index in [1.807, 2.05) is 18.2 Å². The molecule has 8 aromatic rings. The molecule has 9 atom stereocenters. The van der Waals surface area contributed by atoms with Gasteiger partial charge >= 0.3 is 6.09 Å². The number of primary amides is 1. The summed E-state index contributed by atoms with van der Waals surface area (Å²) in [6.45, 7) is 11.6. The van der Waals surface area contributed by atoms with Crippen molar-refractivity contribution in [1.82, 2.24) is 41.8 Å². The summed E-state index contributed by atoms with van der Waals surface area (Å²) in [5.74, 6) is -11.3. The van der Waals surface area contributed by atoms with Crippen LogP contribution in [0.5, 0.6) is 46.0 Å². The van der Waals surface area contributed by atoms with Gasteiger partial charge in [0.1, 0.15) is 115 Å². The summed E-state index contributed by atoms with van der Waals surface area (Å²) in [5.41, 5.74) is 6.08. The number of carbonyl (C=O) groups excluding carboxylic acids is 9. The Balaban J connectivity index is 1.15. The average molecular weight is 1600 g/mol. The van der Waals surface area contributed by atoms with Crippen LogP contribution in [0.1, 0.15) is 122 Å². The number of fused-ring (bicyclic) bond motifs is 15. The summed E-state index contributed by atoms with van der Waals surface area (Å²) >= 11 is 14.2. The normalized spacial score (nSPS) is 19.0. The Labute approximate surface area is 665 Å². The minimum atomic E-state index is -2.20. The topological polar surface area (TPSA) is 393 Å². The number of rotatable bonds is 21. The quantitative estimate of drug-likeness (QED) is 0.0183. The number of hydrogen-bond acceptors (Lipinski definition) is 20. The molecule has 29 nitrogen and oxygen atoms in total. The van der Waals surface area contributed by atoms with Gasteiger partial charge in [-0.2, -0.15) is 5.01 Å². The van der Waals surface area contributed by atoms with Crippen molar-refractivity contribution in [2.24, 2.45) is 16.9 Å². The number of likely N-dealkylation sites (N-methyl/N-ethyl adjacent to an activating group) is 2. The number of halogens is 2. The van der Waals surface area contributed by atoms with E-state index in [0.717, 1.165) is 11.9 Å². The van der Waals surface area contributed by atoms with E-state index in [1.165, 1.54) is 92.0 Å². The zero-order valence-corrected chi connectivity index (χ0v) is 64.5. The highest BCUT2D eigenvalue weighted by Crippen LogP contribution is 2.49. The minimum absolute atomic E-state index is 0.00552. The van der Waals surface area contributed by atoms with Gasteiger partial charge in [0.15, 0.2) is 11.5 Å². The second-order valence-corrected chi connectivity index (χ2v) is 29.4. The molecule has 0 fully saturated rings. The van der Waals surface area contributed by atoms with Crippen LogP contribution in [0.15, 0.2) is 188 Å². The Morgan fingerprint density at radius 1 is 0.614 bits per heavy atom. The lowest BCUT2D eigenvalue weighted by molar-refractivity contribution is -0.139. The van der Waals surface area contributed by atoms with Crippen LogP contribution in [-0.4, -0.2) is 124 Å². The van der Waals surface area contributed by atoms with Crippen LogP contribution in [0, 0.1) is 10.8 Å². The predicted octanol–water partition coefficient (Wildman–Crippen LogP) is 10.6. The summed E-state index contributed by atoms with van der Waals surface area (Å²) in [7, 11) is 2.36. The second-order valence-electron chi connectivity index (χ2n) is 28.6. The number of nitrogens with one attached hydrogen (secondary N) is 6. The molecule has 594 valence electrons. The van der Waals surface area contributed by atoms with Gasteiger partial charge in [-0.25, -0.2) is 4.79 Å². The molecule has 5 aliphatic rings. The van der Waals surface area contributed by atoms with Crippen LogP contribution >= 0.6 is 23.2 Å². The van der Waals surface area contributed by atoms with Crippen LogP contribution < -0.4 is 66.1 Å². The third kappa shape index (κ3) is 19.8. The van der Waals surface area contributed by atoms with Gasteiger partial charge < -0.3 is 81.0 Å². The van der Waals surface area contributed by atoms with Crippen molar-refractivity contribution in [3.8, 4) is 57.1 Å². The lowest BCUT2D eigenvalue weighted by atomic mass is 9.89. The number of ether oxygens (including phenoxy) is 7. The van der Waals surface area contributed by atoms with Crippen LogP contribution in [0.3, 0.4) is 0 Å². The Hall–Kier alpha value is -12.6. The molecule has 13 rings (SSSR count). The predicted molar refractivity (Wildman–Crippen MR) is 417 cm³/mol. The van der Waals surface area contributed by atoms with Gasteiger partial charge in [0.05, 0.1) is 21.8 Å². The van der Waals surface area contributed by atoms with Crippen molar-refractivity contribution >= 4 is 76.6 Å². The molecule has 11 bridgehead atoms. The van der Waals surface area contributed by atoms with Crippen LogP contribution in [0.25, 0.3) is 11.1 Å². The van der Waals surface area contributed by atoms with E-state index in [4.69, 9.17) is 62.1 Å². The number of nitroso groups, excluding NO2 is 1. The molecule has 0 aromatic heterocycles. The summed E-state index contributed by atoms with van der Waals surface area (Å²) < 4.78 is 45.2. The number of hydrogen-bond donors (Lipinski definition) is 9. The van der Waals surface area contributed by atoms with E-state index in [1.54, 1.807) is 107 Å². The molecule has 0 spiro atoms. The number of aliphatic hydroxyl groups is 2. The standard InChI is InChI=1S/C83H84Cl2N10O19/c1-9-31-108-74-63-36-51-37-64(74)113-61-30-27-50(35-56(61)85)73(98)71-80(104)90-69(81(105)95(8)93-107)54-38-52(109-41-45-19-13-10-14-20-45)39-62(111-43-47-23-17-12-18-24-47)66(54)53-33-48(25-28-59(53)110-42-46-21-15-11-16-22-46)67(77(101)92-71)89-78(102)68(51)88-75(99)57(40-65(86)96)87-79(103)70(72(97)49-26-29-60(112-63)55(84)34-49)91-76(100)58(32-44(2)3)94(7)82(106)114-83(4,5)6/h9-30,33-39,44,57-58,67-73,97-98H,1,31-32,40-43H2,2-8H3,(H2,86,96)(H,87,103)(H,88,99)(H,89,102)(H,90,104)(H,91,100)(H,92,101)/t57-,58+,67+,68+,69-,70+,71-,72+,73+/m0/s1. The lowest BCUT2D eigenvalue weighted by Gasteiger charge is -2.33. The first-order valence-corrected chi connectivity index (χ1v) is 36.9. The van der Waals surface area contributed by atoms with Crippen LogP contribution in [0.4, 0.5) is 4.79 Å². The fourth-order valence-electron chi connectivity index (χ4n) is 12.9. The maximum atomic E-state index is 16.5. The third-order valence-corrected chi connectivity index (χ3v) is 19.1. The summed E-state index contributed by atoms with van der Waals surface area (Å²) in [6.07, 6.45) is -4.78. The van der Waals surface area contributed by atoms with E-state index in [2.05, 4.69) is 43.8 Å². The minimum Gasteiger partial charge on any atom is -0.489 e. The lowest BCUT2D eigenvalue weighted by Crippen LogP contribution is -2.59. The first kappa shape index (κ1) is 82.4. The molecule has 0 unspecified atom stereocenters. The van der Waals surface area contributed by atoms with E-state index < -0.39 is 120 Å². The summed E-state index contributed by atoms with van der Waals surface area (Å²) in [4.78, 5) is 150. The second kappa shape index (κ2) is 36.3. The Morgan fingerprint density at radius 3 is 1.69 bits per heavy atom. The van der Waals surface area contributed by atoms with E-state index >= 15 is 28.8 Å². The Morgan fingerprint density at radius 2 is 1.15 bits per heavy atom. The zero-order chi connectivity index (χ0) is 81.8. The molecule has 5 aliphatic heterocycles. The Kier molecular flexibility index (Phi) is 26.2. The van der Waals surface area contributed by atoms with Crippen LogP contribution in [-0.2, 0) is 62.9 Å². The molecule has 8 aromatic carbocycles. The highest BCUT2D eigenvalue weighted by Gasteiger charge is 2.44. The van der Waals surface area contributed by atoms with Gasteiger partial charge in [-0.3, -0.25) is 43.3 Å². The number of benzene rings is 8. The molecule has 0 saturated heterocycles. The highest BCUT2D eigenvalue weighted by atomic mass is 35.5. The SMILES string of the molecule is C=CCOc1c2cc3cc1Oc1ccc(cc1Cl)[C@@H](O)[C@@H](NC(=O)[C@@H](CC(C)C)N(C)C(=O)OC(C)(C)C)C(=O)N[C@@H](CC(N)=O)C(=O)N[C@H]3C(=O)N[C@H]1C(=O)N[C@H](C(=O)N[C@H](C(=O)N(C)N=O)c3cc(OCc4ccccc4)cc(OCc4ccccc4)c3-c3cc1ccc3OCc1ccccc1)[C@H](O)c1ccc(c(Cl)c1)O2. The van der Waals surface area contributed by atoms with Crippen molar-refractivity contribution in [2.75, 3.05) is 20.7 Å². The fraction of sp³-hybridized carbons (Fsp3) is 0.289. The van der Waals surface area contributed by atoms with Crippen molar-refractivity contribution in [2.45, 2.75) is 127 Å². The first-order valence-electron chi connectivity index (χ1n) is 36.2. The largest absolute Gasteiger partial charge is 0.489 e. The van der Waals surface area contributed by atoms with Gasteiger partial charge in [-0.1, -0.05) is 159 Å². The van der Waals surface area contributed by atoms with Gasteiger partial charge in [0.25, 0.3) is 5.91 Å². The van der Waals surface area contributed by atoms with Crippen molar-refractivity contribution < 1.29 is 86.5 Å². The zero-order valence-electron chi connectivity index (χ0n) is 63.0. The molecule has 10 N–H and O–H groups in total. The number of nitrogens with two attached hydrogens (primary N) is 1. The Bertz CT molecular complexity index is 4980. The van der Waals surface area contributed by atoms with Gasteiger partial charge in [0, 0.05) is 31.3 Å². The van der Waals surface area contributed by atoms with Gasteiger partial charge in [-0.05, 0) is 132 Å². The number of carbonyl (C=O) groups is 9. The number of amides is 9. The number of nitrogens with zero attached hydrogens (tertiary/aromatic N) is 3. The summed E-state index contributed by atoms with van der Waals surface area (Å²) in [5, 5.41) is 43.8. The number of aliphatic hydroxyl groups excluding tert-OH is 2. The molecule has 9 amide bonds. The van der Waals surface area contributed by atoms with Crippen molar-refractivity contribution in [1.29, 1.82) is 0 Å². The molecule has 0 radical (unpaired) electrons. The van der Waals surface area contributed by atoms with E-state index in [-0.39, 0.29) is 134 Å². The smallest absolute Gasteiger partial charge is 0.410 e. The van der Waals surface area contributed by atoms with Crippen LogP contribution in [0.2, 0.25) is 10.0 Å². The highest BCUT2D eigenvalue weighted by molar-refractivity contribution is 6.32. The van der Waals surface area contributed by atoms with Gasteiger partial charge in [-0.15, -0.1) is 4.91 Å². The van der Waals surface area contributed by atoms with Crippen molar-refractivity contribution in [3.63, 3.8) is 0 Å². The van der Waals surface area contributed by atoms with E-state index in [0.29, 0.717) is 21.7 Å². The summed E-state index contributed by atoms with van der Waals surface area (Å²) in [6, 6.07) is 30.3. The molecule has 31 heteroatoms. The fourth-order valence-corrected chi connectivity index (χ4v) is 13.3.